The number of aliphatic hydroxyl groups is 1. The van der Waals surface area contributed by atoms with Crippen molar-refractivity contribution in [2.45, 2.75) is 31.1 Å². The summed E-state index contributed by atoms with van der Waals surface area (Å²) >= 11 is 0. The van der Waals surface area contributed by atoms with Gasteiger partial charge in [-0.15, -0.1) is 0 Å². The summed E-state index contributed by atoms with van der Waals surface area (Å²) in [6.45, 7) is 3.54. The van der Waals surface area contributed by atoms with Gasteiger partial charge in [0.05, 0.1) is 18.3 Å². The molecule has 3 nitrogen and oxygen atoms in total. The number of epoxide rings is 1. The molecule has 3 rings (SSSR count). The van der Waals surface area contributed by atoms with E-state index in [4.69, 9.17) is 4.74 Å². The van der Waals surface area contributed by atoms with Gasteiger partial charge < -0.3 is 9.84 Å². The molecule has 2 aliphatic heterocycles. The van der Waals surface area contributed by atoms with Crippen LogP contribution in [0.25, 0.3) is 0 Å². The van der Waals surface area contributed by atoms with Crippen LogP contribution in [0.3, 0.4) is 0 Å². The SMILES string of the molecule is OC1(CC2CO2)CCN(Cc2ccccc2)C1. The molecule has 2 fully saturated rings. The molecule has 1 aromatic carbocycles. The van der Waals surface area contributed by atoms with Crippen molar-refractivity contribution < 1.29 is 9.84 Å². The molecule has 2 aliphatic rings. The lowest BCUT2D eigenvalue weighted by atomic mass is 9.97. The van der Waals surface area contributed by atoms with E-state index in [9.17, 15) is 5.11 Å². The van der Waals surface area contributed by atoms with Crippen LogP contribution >= 0.6 is 0 Å². The van der Waals surface area contributed by atoms with E-state index in [-0.39, 0.29) is 0 Å². The van der Waals surface area contributed by atoms with E-state index in [2.05, 4.69) is 29.2 Å². The van der Waals surface area contributed by atoms with Gasteiger partial charge in [0.15, 0.2) is 0 Å². The molecule has 0 bridgehead atoms. The maximum absolute atomic E-state index is 10.4. The number of hydrogen-bond donors (Lipinski definition) is 1. The Labute approximate surface area is 102 Å². The molecule has 2 atom stereocenters. The summed E-state index contributed by atoms with van der Waals surface area (Å²) in [6.07, 6.45) is 1.99. The van der Waals surface area contributed by atoms with Crippen LogP contribution in [-0.4, -0.2) is 41.4 Å². The van der Waals surface area contributed by atoms with Gasteiger partial charge in [-0.3, -0.25) is 4.90 Å². The Morgan fingerprint density at radius 2 is 2.12 bits per heavy atom. The van der Waals surface area contributed by atoms with Gasteiger partial charge in [-0.05, 0) is 12.0 Å². The lowest BCUT2D eigenvalue weighted by Crippen LogP contribution is -2.34. The highest BCUT2D eigenvalue weighted by molar-refractivity contribution is 5.15. The summed E-state index contributed by atoms with van der Waals surface area (Å²) < 4.78 is 5.21. The van der Waals surface area contributed by atoms with Crippen LogP contribution in [0.2, 0.25) is 0 Å². The normalized spacial score (nSPS) is 32.9. The van der Waals surface area contributed by atoms with E-state index in [1.54, 1.807) is 0 Å². The summed E-state index contributed by atoms with van der Waals surface area (Å²) in [4.78, 5) is 2.33. The molecule has 17 heavy (non-hydrogen) atoms. The van der Waals surface area contributed by atoms with E-state index in [0.29, 0.717) is 6.10 Å². The molecule has 0 aliphatic carbocycles. The molecule has 1 N–H and O–H groups in total. The van der Waals surface area contributed by atoms with Gasteiger partial charge in [-0.25, -0.2) is 0 Å². The Hall–Kier alpha value is -0.900. The Morgan fingerprint density at radius 3 is 2.82 bits per heavy atom. The first-order valence-corrected chi connectivity index (χ1v) is 6.34. The third-order valence-corrected chi connectivity index (χ3v) is 3.67. The molecule has 2 saturated heterocycles. The molecular weight excluding hydrogens is 214 g/mol. The van der Waals surface area contributed by atoms with E-state index in [0.717, 1.165) is 39.1 Å². The molecule has 3 heteroatoms. The van der Waals surface area contributed by atoms with Crippen LogP contribution in [0, 0.1) is 0 Å². The second kappa shape index (κ2) is 4.41. The summed E-state index contributed by atoms with van der Waals surface area (Å²) in [5.41, 5.74) is 0.801. The molecule has 2 heterocycles. The standard InChI is InChI=1S/C14H19NO2/c16-14(8-13-10-17-13)6-7-15(11-14)9-12-4-2-1-3-5-12/h1-5,13,16H,6-11H2. The molecular formula is C14H19NO2. The third-order valence-electron chi connectivity index (χ3n) is 3.67. The van der Waals surface area contributed by atoms with Crippen LogP contribution in [0.15, 0.2) is 30.3 Å². The lowest BCUT2D eigenvalue weighted by molar-refractivity contribution is 0.0326. The molecule has 2 unspecified atom stereocenters. The topological polar surface area (TPSA) is 36.0 Å². The molecule has 92 valence electrons. The van der Waals surface area contributed by atoms with Gasteiger partial charge in [0.25, 0.3) is 0 Å². The van der Waals surface area contributed by atoms with Gasteiger partial charge in [0.2, 0.25) is 0 Å². The monoisotopic (exact) mass is 233 g/mol. The highest BCUT2D eigenvalue weighted by atomic mass is 16.6. The fraction of sp³-hybridized carbons (Fsp3) is 0.571. The summed E-state index contributed by atoms with van der Waals surface area (Å²) in [5.74, 6) is 0. The quantitative estimate of drug-likeness (QED) is 0.799. The molecule has 0 amide bonds. The largest absolute Gasteiger partial charge is 0.388 e. The average molecular weight is 233 g/mol. The second-order valence-corrected chi connectivity index (χ2v) is 5.33. The lowest BCUT2D eigenvalue weighted by Gasteiger charge is -2.22. The fourth-order valence-electron chi connectivity index (χ4n) is 2.69. The smallest absolute Gasteiger partial charge is 0.0837 e. The highest BCUT2D eigenvalue weighted by Gasteiger charge is 2.41. The van der Waals surface area contributed by atoms with E-state index in [1.807, 2.05) is 6.07 Å². The van der Waals surface area contributed by atoms with Crippen LogP contribution < -0.4 is 0 Å². The first kappa shape index (κ1) is 11.2. The van der Waals surface area contributed by atoms with Crippen LogP contribution in [0.5, 0.6) is 0 Å². The Morgan fingerprint density at radius 1 is 1.35 bits per heavy atom. The van der Waals surface area contributed by atoms with Crippen molar-refractivity contribution in [3.8, 4) is 0 Å². The summed E-state index contributed by atoms with van der Waals surface area (Å²) in [5, 5.41) is 10.4. The predicted octanol–water partition coefficient (Wildman–Crippen LogP) is 1.41. The van der Waals surface area contributed by atoms with E-state index < -0.39 is 5.60 Å². The number of nitrogens with zero attached hydrogens (tertiary/aromatic N) is 1. The minimum Gasteiger partial charge on any atom is -0.388 e. The summed E-state index contributed by atoms with van der Waals surface area (Å²) in [6, 6.07) is 10.4. The third kappa shape index (κ3) is 2.86. The Bertz CT molecular complexity index is 377. The van der Waals surface area contributed by atoms with Crippen molar-refractivity contribution in [3.05, 3.63) is 35.9 Å². The molecule has 0 saturated carbocycles. The number of β-amino-alcohol motifs (C(OH)–C–C–N with tert-alkyl or cyclic N) is 1. The molecule has 0 aromatic heterocycles. The van der Waals surface area contributed by atoms with Gasteiger partial charge in [-0.1, -0.05) is 30.3 Å². The molecule has 0 spiro atoms. The fourth-order valence-corrected chi connectivity index (χ4v) is 2.69. The maximum Gasteiger partial charge on any atom is 0.0837 e. The minimum absolute atomic E-state index is 0.316. The first-order chi connectivity index (χ1) is 8.23. The minimum atomic E-state index is -0.518. The van der Waals surface area contributed by atoms with Gasteiger partial charge in [0, 0.05) is 26.1 Å². The second-order valence-electron chi connectivity index (χ2n) is 5.33. The van der Waals surface area contributed by atoms with Gasteiger partial charge in [0.1, 0.15) is 0 Å². The molecule has 0 radical (unpaired) electrons. The Kier molecular flexibility index (Phi) is 2.90. The average Bonchev–Trinajstić information content (AvgIpc) is 3.04. The zero-order valence-electron chi connectivity index (χ0n) is 10.0. The highest BCUT2D eigenvalue weighted by Crippen LogP contribution is 2.31. The van der Waals surface area contributed by atoms with E-state index >= 15 is 0 Å². The van der Waals surface area contributed by atoms with Crippen LogP contribution in [0.4, 0.5) is 0 Å². The maximum atomic E-state index is 10.4. The number of benzene rings is 1. The first-order valence-electron chi connectivity index (χ1n) is 6.34. The number of rotatable bonds is 4. The van der Waals surface area contributed by atoms with Crippen molar-refractivity contribution in [2.24, 2.45) is 0 Å². The molecule has 1 aromatic rings. The van der Waals surface area contributed by atoms with Crippen LogP contribution in [0.1, 0.15) is 18.4 Å². The number of ether oxygens (including phenoxy) is 1. The van der Waals surface area contributed by atoms with Crippen molar-refractivity contribution in [1.29, 1.82) is 0 Å². The van der Waals surface area contributed by atoms with Crippen molar-refractivity contribution in [3.63, 3.8) is 0 Å². The van der Waals surface area contributed by atoms with Crippen molar-refractivity contribution in [2.75, 3.05) is 19.7 Å². The van der Waals surface area contributed by atoms with E-state index in [1.165, 1.54) is 5.56 Å². The Balaban J connectivity index is 1.56. The number of likely N-dealkylation sites (tertiary alicyclic amines) is 1. The van der Waals surface area contributed by atoms with Gasteiger partial charge >= 0.3 is 0 Å². The predicted molar refractivity (Wildman–Crippen MR) is 65.6 cm³/mol. The number of hydrogen-bond acceptors (Lipinski definition) is 3. The van der Waals surface area contributed by atoms with Gasteiger partial charge in [-0.2, -0.15) is 0 Å². The van der Waals surface area contributed by atoms with Crippen LogP contribution in [-0.2, 0) is 11.3 Å². The zero-order valence-corrected chi connectivity index (χ0v) is 10.0. The van der Waals surface area contributed by atoms with Crippen molar-refractivity contribution in [1.82, 2.24) is 4.90 Å². The van der Waals surface area contributed by atoms with Crippen molar-refractivity contribution >= 4 is 0 Å². The summed E-state index contributed by atoms with van der Waals surface area (Å²) in [7, 11) is 0. The zero-order chi connectivity index (χ0) is 11.7.